The topological polar surface area (TPSA) is 57.1 Å². The first-order valence-corrected chi connectivity index (χ1v) is 8.51. The van der Waals surface area contributed by atoms with E-state index in [1.54, 1.807) is 13.2 Å². The van der Waals surface area contributed by atoms with Crippen LogP contribution < -0.4 is 9.47 Å². The molecule has 1 aliphatic heterocycles. The van der Waals surface area contributed by atoms with E-state index < -0.39 is 5.97 Å². The minimum atomic E-state index is -0.466. The normalized spacial score (nSPS) is 15.0. The second-order valence-corrected chi connectivity index (χ2v) is 5.96. The second kappa shape index (κ2) is 7.87. The van der Waals surface area contributed by atoms with Gasteiger partial charge in [0.25, 0.3) is 0 Å². The van der Waals surface area contributed by atoms with Crippen molar-refractivity contribution in [2.75, 3.05) is 13.7 Å². The zero-order valence-electron chi connectivity index (χ0n) is 15.1. The maximum absolute atomic E-state index is 12.1. The van der Waals surface area contributed by atoms with E-state index in [0.717, 1.165) is 23.1 Å². The molecule has 0 spiro atoms. The molecule has 0 unspecified atom stereocenters. The lowest BCUT2D eigenvalue weighted by molar-refractivity contribution is -0.129. The molecule has 5 nitrogen and oxygen atoms in total. The van der Waals surface area contributed by atoms with Gasteiger partial charge in [-0.1, -0.05) is 30.7 Å². The summed E-state index contributed by atoms with van der Waals surface area (Å²) in [6.45, 7) is 4.64. The van der Waals surface area contributed by atoms with Crippen molar-refractivity contribution >= 4 is 17.9 Å². The third kappa shape index (κ3) is 3.94. The first kappa shape index (κ1) is 17.7. The number of carbonyl (C=O) groups is 1. The highest BCUT2D eigenvalue weighted by atomic mass is 16.6. The summed E-state index contributed by atoms with van der Waals surface area (Å²) in [5, 5.41) is 0. The van der Waals surface area contributed by atoms with E-state index in [0.29, 0.717) is 24.0 Å². The van der Waals surface area contributed by atoms with Crippen molar-refractivity contribution in [1.82, 2.24) is 0 Å². The predicted molar refractivity (Wildman–Crippen MR) is 101 cm³/mol. The summed E-state index contributed by atoms with van der Waals surface area (Å²) in [7, 11) is 1.59. The molecule has 0 amide bonds. The monoisotopic (exact) mass is 351 g/mol. The van der Waals surface area contributed by atoms with Gasteiger partial charge in [-0.25, -0.2) is 9.79 Å². The van der Waals surface area contributed by atoms with Crippen molar-refractivity contribution in [3.8, 4) is 11.5 Å². The fraction of sp³-hybridized carbons (Fsp3) is 0.238. The van der Waals surface area contributed by atoms with Gasteiger partial charge in [-0.3, -0.25) is 0 Å². The van der Waals surface area contributed by atoms with Crippen molar-refractivity contribution in [3.05, 3.63) is 64.9 Å². The Hall–Kier alpha value is -3.08. The molecule has 26 heavy (non-hydrogen) atoms. The molecule has 0 fully saturated rings. The maximum atomic E-state index is 12.1. The highest BCUT2D eigenvalue weighted by Crippen LogP contribution is 2.30. The van der Waals surface area contributed by atoms with Gasteiger partial charge in [0, 0.05) is 5.56 Å². The van der Waals surface area contributed by atoms with E-state index in [1.165, 1.54) is 0 Å². The fourth-order valence-corrected chi connectivity index (χ4v) is 2.57. The molecule has 0 atom stereocenters. The number of methoxy groups -OCH3 is 1. The summed E-state index contributed by atoms with van der Waals surface area (Å²) in [6, 6.07) is 13.2. The summed E-state index contributed by atoms with van der Waals surface area (Å²) < 4.78 is 16.3. The molecular formula is C21H21NO4. The number of hydrogen-bond donors (Lipinski definition) is 0. The molecule has 0 N–H and O–H groups in total. The molecule has 0 aliphatic carbocycles. The number of nitrogens with zero attached hydrogens (tertiary/aromatic N) is 1. The number of aliphatic imine (C=N–C) groups is 1. The zero-order chi connectivity index (χ0) is 18.5. The molecule has 3 rings (SSSR count). The average molecular weight is 351 g/mol. The lowest BCUT2D eigenvalue weighted by atomic mass is 10.1. The highest BCUT2D eigenvalue weighted by molar-refractivity contribution is 6.12. The summed E-state index contributed by atoms with van der Waals surface area (Å²) in [4.78, 5) is 16.5. The van der Waals surface area contributed by atoms with E-state index >= 15 is 0 Å². The van der Waals surface area contributed by atoms with Crippen molar-refractivity contribution < 1.29 is 19.0 Å². The number of ether oxygens (including phenoxy) is 3. The van der Waals surface area contributed by atoms with Gasteiger partial charge in [0.05, 0.1) is 13.7 Å². The molecule has 0 radical (unpaired) electrons. The van der Waals surface area contributed by atoms with Crippen LogP contribution >= 0.6 is 0 Å². The number of carbonyl (C=O) groups excluding carboxylic acids is 1. The smallest absolute Gasteiger partial charge is 0.363 e. The molecule has 1 aliphatic rings. The predicted octanol–water partition coefficient (Wildman–Crippen LogP) is 4.14. The second-order valence-electron chi connectivity index (χ2n) is 5.96. The maximum Gasteiger partial charge on any atom is 0.363 e. The number of benzene rings is 2. The van der Waals surface area contributed by atoms with Crippen LogP contribution in [0.1, 0.15) is 30.0 Å². The number of cyclic esters (lactones) is 1. The van der Waals surface area contributed by atoms with Crippen LogP contribution in [0, 0.1) is 6.92 Å². The summed E-state index contributed by atoms with van der Waals surface area (Å²) in [5.41, 5.74) is 2.89. The van der Waals surface area contributed by atoms with Crippen LogP contribution in [0.2, 0.25) is 0 Å². The van der Waals surface area contributed by atoms with Crippen LogP contribution in [-0.4, -0.2) is 25.6 Å². The first-order chi connectivity index (χ1) is 12.6. The summed E-state index contributed by atoms with van der Waals surface area (Å²) in [5.74, 6) is 1.14. The molecule has 2 aromatic rings. The molecule has 0 saturated heterocycles. The van der Waals surface area contributed by atoms with E-state index in [4.69, 9.17) is 14.2 Å². The van der Waals surface area contributed by atoms with Gasteiger partial charge >= 0.3 is 5.97 Å². The molecule has 0 bridgehead atoms. The minimum Gasteiger partial charge on any atom is -0.493 e. The van der Waals surface area contributed by atoms with E-state index in [-0.39, 0.29) is 5.70 Å². The van der Waals surface area contributed by atoms with Crippen LogP contribution in [0.25, 0.3) is 6.08 Å². The summed E-state index contributed by atoms with van der Waals surface area (Å²) >= 11 is 0. The highest BCUT2D eigenvalue weighted by Gasteiger charge is 2.24. The fourth-order valence-electron chi connectivity index (χ4n) is 2.57. The first-order valence-electron chi connectivity index (χ1n) is 8.51. The standard InChI is InChI=1S/C21H21NO4/c1-4-10-25-18-9-8-15(13-19(18)24-3)12-17-21(23)26-20(22-17)16-7-5-6-14(2)11-16/h5-9,11-13H,4,10H2,1-3H3/b17-12+. The van der Waals surface area contributed by atoms with Gasteiger partial charge in [-0.05, 0) is 49.2 Å². The van der Waals surface area contributed by atoms with Crippen molar-refractivity contribution in [3.63, 3.8) is 0 Å². The van der Waals surface area contributed by atoms with Gasteiger partial charge in [-0.2, -0.15) is 0 Å². The molecule has 1 heterocycles. The van der Waals surface area contributed by atoms with Crippen LogP contribution in [0.15, 0.2) is 53.2 Å². The van der Waals surface area contributed by atoms with E-state index in [1.807, 2.05) is 56.3 Å². The number of esters is 1. The Morgan fingerprint density at radius 1 is 1.15 bits per heavy atom. The van der Waals surface area contributed by atoms with Crippen LogP contribution in [-0.2, 0) is 9.53 Å². The minimum absolute atomic E-state index is 0.255. The average Bonchev–Trinajstić information content (AvgIpc) is 3.01. The van der Waals surface area contributed by atoms with E-state index in [9.17, 15) is 4.79 Å². The van der Waals surface area contributed by atoms with E-state index in [2.05, 4.69) is 4.99 Å². The number of hydrogen-bond acceptors (Lipinski definition) is 5. The Morgan fingerprint density at radius 2 is 2.00 bits per heavy atom. The van der Waals surface area contributed by atoms with Crippen LogP contribution in [0.4, 0.5) is 0 Å². The molecule has 0 aromatic heterocycles. The summed E-state index contributed by atoms with van der Waals surface area (Å²) in [6.07, 6.45) is 2.59. The number of aryl methyl sites for hydroxylation is 1. The Morgan fingerprint density at radius 3 is 2.73 bits per heavy atom. The third-order valence-electron chi connectivity index (χ3n) is 3.84. The van der Waals surface area contributed by atoms with Crippen molar-refractivity contribution in [2.45, 2.75) is 20.3 Å². The van der Waals surface area contributed by atoms with Gasteiger partial charge in [0.2, 0.25) is 5.90 Å². The Labute approximate surface area is 152 Å². The zero-order valence-corrected chi connectivity index (χ0v) is 15.1. The lowest BCUT2D eigenvalue weighted by Crippen LogP contribution is -2.05. The SMILES string of the molecule is CCCOc1ccc(/C=C2/N=C(c3cccc(C)c3)OC2=O)cc1OC. The van der Waals surface area contributed by atoms with Crippen molar-refractivity contribution in [2.24, 2.45) is 4.99 Å². The van der Waals surface area contributed by atoms with Gasteiger partial charge in [-0.15, -0.1) is 0 Å². The Kier molecular flexibility index (Phi) is 5.37. The van der Waals surface area contributed by atoms with Gasteiger partial charge in [0.15, 0.2) is 17.2 Å². The molecule has 2 aromatic carbocycles. The van der Waals surface area contributed by atoms with Gasteiger partial charge < -0.3 is 14.2 Å². The molecule has 5 heteroatoms. The molecule has 0 saturated carbocycles. The van der Waals surface area contributed by atoms with Crippen LogP contribution in [0.3, 0.4) is 0 Å². The van der Waals surface area contributed by atoms with Crippen LogP contribution in [0.5, 0.6) is 11.5 Å². The Balaban J connectivity index is 1.88. The molecule has 134 valence electrons. The quantitative estimate of drug-likeness (QED) is 0.580. The third-order valence-corrected chi connectivity index (χ3v) is 3.84. The van der Waals surface area contributed by atoms with Crippen molar-refractivity contribution in [1.29, 1.82) is 0 Å². The lowest BCUT2D eigenvalue weighted by Gasteiger charge is -2.10. The number of rotatable bonds is 6. The molecular weight excluding hydrogens is 330 g/mol. The largest absolute Gasteiger partial charge is 0.493 e. The Bertz CT molecular complexity index is 883. The van der Waals surface area contributed by atoms with Gasteiger partial charge in [0.1, 0.15) is 0 Å².